The number of hydrogen-bond donors (Lipinski definition) is 1. The number of aliphatic hydroxyl groups excluding tert-OH is 1. The zero-order valence-corrected chi connectivity index (χ0v) is 8.87. The van der Waals surface area contributed by atoms with Crippen LogP contribution in [0.3, 0.4) is 0 Å². The van der Waals surface area contributed by atoms with E-state index in [9.17, 15) is 13.2 Å². The summed E-state index contributed by atoms with van der Waals surface area (Å²) in [7, 11) is 0. The molecule has 1 aromatic carbocycles. The van der Waals surface area contributed by atoms with Crippen molar-refractivity contribution in [3.8, 4) is 0 Å². The van der Waals surface area contributed by atoms with E-state index in [4.69, 9.17) is 28.3 Å². The Bertz CT molecular complexity index is 352. The molecule has 0 spiro atoms. The van der Waals surface area contributed by atoms with Gasteiger partial charge in [-0.3, -0.25) is 0 Å². The van der Waals surface area contributed by atoms with Crippen molar-refractivity contribution in [2.45, 2.75) is 18.7 Å². The van der Waals surface area contributed by atoms with Crippen molar-refractivity contribution in [3.05, 3.63) is 33.8 Å². The highest BCUT2D eigenvalue weighted by Gasteiger charge is 2.38. The molecule has 0 aromatic heterocycles. The van der Waals surface area contributed by atoms with E-state index >= 15 is 0 Å². The number of halogens is 5. The highest BCUT2D eigenvalue weighted by atomic mass is 35.5. The van der Waals surface area contributed by atoms with Crippen LogP contribution >= 0.6 is 23.2 Å². The molecule has 1 rings (SSSR count). The Morgan fingerprint density at radius 1 is 1.27 bits per heavy atom. The third kappa shape index (κ3) is 3.55. The molecule has 0 heterocycles. The Balaban J connectivity index is 2.85. The van der Waals surface area contributed by atoms with Crippen LogP contribution in [0, 0.1) is 0 Å². The van der Waals surface area contributed by atoms with E-state index in [-0.39, 0.29) is 15.6 Å². The van der Waals surface area contributed by atoms with E-state index in [2.05, 4.69) is 0 Å². The summed E-state index contributed by atoms with van der Waals surface area (Å²) in [4.78, 5) is 0. The second-order valence-electron chi connectivity index (χ2n) is 3.00. The fourth-order valence-electron chi connectivity index (χ4n) is 1.02. The Kier molecular flexibility index (Phi) is 3.87. The summed E-state index contributed by atoms with van der Waals surface area (Å²) in [6, 6.07) is 4.16. The number of benzene rings is 1. The van der Waals surface area contributed by atoms with Crippen LogP contribution in [0.15, 0.2) is 18.2 Å². The molecule has 15 heavy (non-hydrogen) atoms. The Morgan fingerprint density at radius 3 is 2.40 bits per heavy atom. The smallest absolute Gasteiger partial charge is 0.383 e. The Morgan fingerprint density at radius 2 is 1.87 bits per heavy atom. The molecule has 0 saturated carbocycles. The van der Waals surface area contributed by atoms with E-state index in [1.54, 1.807) is 0 Å². The topological polar surface area (TPSA) is 20.2 Å². The molecule has 0 fully saturated rings. The van der Waals surface area contributed by atoms with Crippen molar-refractivity contribution in [2.24, 2.45) is 0 Å². The van der Waals surface area contributed by atoms with Crippen LogP contribution in [0.5, 0.6) is 0 Å². The van der Waals surface area contributed by atoms with Crippen LogP contribution in [0.4, 0.5) is 13.2 Å². The summed E-state index contributed by atoms with van der Waals surface area (Å²) >= 11 is 11.2. The highest BCUT2D eigenvalue weighted by molar-refractivity contribution is 6.33. The third-order valence-corrected chi connectivity index (χ3v) is 2.40. The number of aliphatic hydroxyl groups is 1. The van der Waals surface area contributed by atoms with Gasteiger partial charge in [-0.15, -0.1) is 0 Å². The summed E-state index contributed by atoms with van der Waals surface area (Å²) in [6.45, 7) is 0. The molecule has 0 aliphatic heterocycles. The van der Waals surface area contributed by atoms with Crippen LogP contribution in [0.1, 0.15) is 5.56 Å². The van der Waals surface area contributed by atoms with Crippen molar-refractivity contribution in [1.29, 1.82) is 0 Å². The molecule has 1 N–H and O–H groups in total. The first kappa shape index (κ1) is 12.6. The molecule has 1 atom stereocenters. The Hall–Kier alpha value is -0.450. The lowest BCUT2D eigenvalue weighted by Gasteiger charge is -2.15. The number of hydrogen-bond acceptors (Lipinski definition) is 1. The lowest BCUT2D eigenvalue weighted by Crippen LogP contribution is -2.30. The first-order valence-electron chi connectivity index (χ1n) is 3.99. The minimum atomic E-state index is -4.65. The van der Waals surface area contributed by atoms with Crippen molar-refractivity contribution in [2.75, 3.05) is 0 Å². The molecule has 0 aliphatic carbocycles. The molecular formula is C9H7Cl2F3O. The quantitative estimate of drug-likeness (QED) is 0.862. The van der Waals surface area contributed by atoms with E-state index in [0.29, 0.717) is 0 Å². The van der Waals surface area contributed by atoms with Crippen LogP contribution in [0.2, 0.25) is 10.0 Å². The molecule has 84 valence electrons. The predicted molar refractivity (Wildman–Crippen MR) is 52.2 cm³/mol. The summed E-state index contributed by atoms with van der Waals surface area (Å²) in [5.74, 6) is 0. The summed E-state index contributed by atoms with van der Waals surface area (Å²) < 4.78 is 36.1. The first-order chi connectivity index (χ1) is 6.80. The van der Waals surface area contributed by atoms with Crippen LogP contribution < -0.4 is 0 Å². The minimum absolute atomic E-state index is 0.155. The van der Waals surface area contributed by atoms with Crippen molar-refractivity contribution in [1.82, 2.24) is 0 Å². The molecule has 0 saturated heterocycles. The predicted octanol–water partition coefficient (Wildman–Crippen LogP) is 3.46. The zero-order valence-electron chi connectivity index (χ0n) is 7.35. The summed E-state index contributed by atoms with van der Waals surface area (Å²) in [5, 5.41) is 9.26. The van der Waals surface area contributed by atoms with Crippen molar-refractivity contribution in [3.63, 3.8) is 0 Å². The van der Waals surface area contributed by atoms with Gasteiger partial charge in [0.2, 0.25) is 0 Å². The Labute approximate surface area is 94.4 Å². The van der Waals surface area contributed by atoms with Gasteiger partial charge in [-0.05, 0) is 23.8 Å². The van der Waals surface area contributed by atoms with Crippen molar-refractivity contribution >= 4 is 23.2 Å². The molecular weight excluding hydrogens is 252 g/mol. The van der Waals surface area contributed by atoms with E-state index in [1.165, 1.54) is 18.2 Å². The maximum atomic E-state index is 12.0. The average Bonchev–Trinajstić information content (AvgIpc) is 2.09. The lowest BCUT2D eigenvalue weighted by molar-refractivity contribution is -0.203. The first-order valence-corrected chi connectivity index (χ1v) is 4.75. The van der Waals surface area contributed by atoms with Crippen LogP contribution in [-0.4, -0.2) is 17.4 Å². The average molecular weight is 259 g/mol. The standard InChI is InChI=1S/C9H7Cl2F3O/c10-6-1-2-7(11)5(3-6)4-8(15)9(12,13)14/h1-3,8,15H,4H2/t8-/m0/s1. The van der Waals surface area contributed by atoms with Gasteiger partial charge in [0.05, 0.1) is 0 Å². The maximum Gasteiger partial charge on any atom is 0.414 e. The fourth-order valence-corrected chi connectivity index (χ4v) is 1.41. The van der Waals surface area contributed by atoms with Gasteiger partial charge in [0.1, 0.15) is 0 Å². The minimum Gasteiger partial charge on any atom is -0.383 e. The van der Waals surface area contributed by atoms with Gasteiger partial charge in [0.15, 0.2) is 6.10 Å². The van der Waals surface area contributed by atoms with Gasteiger partial charge >= 0.3 is 6.18 Å². The molecule has 0 amide bonds. The lowest BCUT2D eigenvalue weighted by atomic mass is 10.1. The summed E-state index contributed by atoms with van der Waals surface area (Å²) in [6.07, 6.45) is -7.66. The van der Waals surface area contributed by atoms with Gasteiger partial charge in [-0.25, -0.2) is 0 Å². The number of rotatable bonds is 2. The molecule has 0 aliphatic rings. The van der Waals surface area contributed by atoms with Crippen molar-refractivity contribution < 1.29 is 18.3 Å². The van der Waals surface area contributed by atoms with E-state index in [0.717, 1.165) is 0 Å². The highest BCUT2D eigenvalue weighted by Crippen LogP contribution is 2.27. The second kappa shape index (κ2) is 4.60. The largest absolute Gasteiger partial charge is 0.414 e. The van der Waals surface area contributed by atoms with Gasteiger partial charge < -0.3 is 5.11 Å². The van der Waals surface area contributed by atoms with Gasteiger partial charge in [0.25, 0.3) is 0 Å². The van der Waals surface area contributed by atoms with Gasteiger partial charge in [-0.1, -0.05) is 23.2 Å². The molecule has 1 aromatic rings. The van der Waals surface area contributed by atoms with E-state index in [1.807, 2.05) is 0 Å². The third-order valence-electron chi connectivity index (χ3n) is 1.80. The second-order valence-corrected chi connectivity index (χ2v) is 3.84. The SMILES string of the molecule is O[C@@H](Cc1cc(Cl)ccc1Cl)C(F)(F)F. The molecule has 6 heteroatoms. The molecule has 0 unspecified atom stereocenters. The maximum absolute atomic E-state index is 12.0. The molecule has 0 bridgehead atoms. The monoisotopic (exact) mass is 258 g/mol. The van der Waals surface area contributed by atoms with Crippen LogP contribution in [0.25, 0.3) is 0 Å². The number of alkyl halides is 3. The fraction of sp³-hybridized carbons (Fsp3) is 0.333. The van der Waals surface area contributed by atoms with E-state index < -0.39 is 18.7 Å². The van der Waals surface area contributed by atoms with Crippen LogP contribution in [-0.2, 0) is 6.42 Å². The normalized spacial score (nSPS) is 14.0. The molecule has 0 radical (unpaired) electrons. The van der Waals surface area contributed by atoms with Gasteiger partial charge in [0, 0.05) is 16.5 Å². The summed E-state index contributed by atoms with van der Waals surface area (Å²) in [5.41, 5.74) is 0.175. The molecule has 1 nitrogen and oxygen atoms in total. The zero-order chi connectivity index (χ0) is 11.6. The van der Waals surface area contributed by atoms with Gasteiger partial charge in [-0.2, -0.15) is 13.2 Å².